The summed E-state index contributed by atoms with van der Waals surface area (Å²) in [6.45, 7) is 24.6. The number of rotatable bonds is 11. The van der Waals surface area contributed by atoms with E-state index in [-0.39, 0.29) is 46.9 Å². The predicted molar refractivity (Wildman–Crippen MR) is 172 cm³/mol. The molecule has 5 heteroatoms. The van der Waals surface area contributed by atoms with Gasteiger partial charge in [-0.05, 0) is 116 Å². The number of phenols is 2. The van der Waals surface area contributed by atoms with E-state index in [1.54, 1.807) is 0 Å². The van der Waals surface area contributed by atoms with Crippen LogP contribution in [0.3, 0.4) is 0 Å². The van der Waals surface area contributed by atoms with Crippen molar-refractivity contribution in [3.05, 3.63) is 71.4 Å². The standard InChI is InChI=1S/C38H50O5/c1-22(2)11-12-27(25(7)8)19-36-20-29-28(17-24(5)6)38(34(36)43,32(41)26-13-14-30(39)31(40)18-26)21-37(33(36)42,35(29,9)10)16-15-23(3)4/h13-15,17-18,27-29,39-40H,1,7,11-12,16,19-21H2,2-6,8-10H3. The van der Waals surface area contributed by atoms with E-state index in [4.69, 9.17) is 0 Å². The van der Waals surface area contributed by atoms with Crippen LogP contribution in [0.1, 0.15) is 104 Å². The number of phenolic OH excluding ortho intramolecular Hbond substituents is 2. The van der Waals surface area contributed by atoms with Crippen molar-refractivity contribution >= 4 is 17.3 Å². The molecule has 0 amide bonds. The third-order valence-corrected chi connectivity index (χ3v) is 11.2. The number of Topliss-reactive ketones (excluding diaryl/α,β-unsaturated/α-hetero) is 3. The van der Waals surface area contributed by atoms with Crippen LogP contribution in [0.2, 0.25) is 0 Å². The van der Waals surface area contributed by atoms with E-state index in [2.05, 4.69) is 39.2 Å². The second-order valence-corrected chi connectivity index (χ2v) is 15.0. The van der Waals surface area contributed by atoms with Gasteiger partial charge >= 0.3 is 0 Å². The molecule has 43 heavy (non-hydrogen) atoms. The average Bonchev–Trinajstić information content (AvgIpc) is 2.90. The Morgan fingerprint density at radius 3 is 2.19 bits per heavy atom. The number of hydrogen-bond donors (Lipinski definition) is 2. The van der Waals surface area contributed by atoms with E-state index in [0.29, 0.717) is 19.3 Å². The quantitative estimate of drug-likeness (QED) is 0.117. The third kappa shape index (κ3) is 4.87. The molecule has 5 rings (SSSR count). The summed E-state index contributed by atoms with van der Waals surface area (Å²) < 4.78 is 0. The molecule has 0 spiro atoms. The van der Waals surface area contributed by atoms with Crippen LogP contribution in [-0.2, 0) is 9.59 Å². The van der Waals surface area contributed by atoms with Crippen LogP contribution in [0.25, 0.3) is 0 Å². The highest BCUT2D eigenvalue weighted by Gasteiger charge is 2.82. The lowest BCUT2D eigenvalue weighted by atomic mass is 9.27. The minimum absolute atomic E-state index is 0.0158. The molecule has 2 N–H and O–H groups in total. The first-order valence-electron chi connectivity index (χ1n) is 15.6. The van der Waals surface area contributed by atoms with Crippen LogP contribution >= 0.6 is 0 Å². The molecule has 1 aromatic rings. The van der Waals surface area contributed by atoms with Gasteiger partial charge in [0, 0.05) is 16.9 Å². The summed E-state index contributed by atoms with van der Waals surface area (Å²) in [4.78, 5) is 45.5. The Labute approximate surface area is 257 Å². The third-order valence-electron chi connectivity index (χ3n) is 11.2. The molecule has 4 saturated carbocycles. The molecule has 4 aliphatic rings. The molecule has 4 fully saturated rings. The molecule has 1 aromatic carbocycles. The van der Waals surface area contributed by atoms with Gasteiger partial charge in [0.25, 0.3) is 0 Å². The summed E-state index contributed by atoms with van der Waals surface area (Å²) >= 11 is 0. The lowest BCUT2D eigenvalue weighted by molar-refractivity contribution is -0.218. The number of carbonyl (C=O) groups is 3. The summed E-state index contributed by atoms with van der Waals surface area (Å²) in [6.07, 6.45) is 7.05. The van der Waals surface area contributed by atoms with Crippen molar-refractivity contribution in [3.8, 4) is 11.5 Å². The molecule has 5 nitrogen and oxygen atoms in total. The highest BCUT2D eigenvalue weighted by Crippen LogP contribution is 2.77. The fraction of sp³-hybridized carbons (Fsp3) is 0.553. The number of carbonyl (C=O) groups excluding carboxylic acids is 3. The van der Waals surface area contributed by atoms with Gasteiger partial charge in [-0.2, -0.15) is 0 Å². The molecule has 6 unspecified atom stereocenters. The van der Waals surface area contributed by atoms with E-state index < -0.39 is 33.3 Å². The predicted octanol–water partition coefficient (Wildman–Crippen LogP) is 8.72. The van der Waals surface area contributed by atoms with E-state index in [1.807, 2.05) is 41.5 Å². The van der Waals surface area contributed by atoms with Crippen LogP contribution in [0.4, 0.5) is 0 Å². The van der Waals surface area contributed by atoms with E-state index >= 15 is 9.59 Å². The first-order chi connectivity index (χ1) is 19.9. The number of aromatic hydroxyl groups is 2. The van der Waals surface area contributed by atoms with Gasteiger partial charge in [0.15, 0.2) is 28.8 Å². The summed E-state index contributed by atoms with van der Waals surface area (Å²) in [6, 6.07) is 4.03. The summed E-state index contributed by atoms with van der Waals surface area (Å²) in [7, 11) is 0. The minimum Gasteiger partial charge on any atom is -0.504 e. The molecular formula is C38H50O5. The van der Waals surface area contributed by atoms with E-state index in [0.717, 1.165) is 35.1 Å². The van der Waals surface area contributed by atoms with Crippen molar-refractivity contribution < 1.29 is 24.6 Å². The number of hydrogen-bond acceptors (Lipinski definition) is 5. The molecular weight excluding hydrogens is 536 g/mol. The Morgan fingerprint density at radius 1 is 1.00 bits per heavy atom. The van der Waals surface area contributed by atoms with Gasteiger partial charge in [0.2, 0.25) is 0 Å². The topological polar surface area (TPSA) is 91.7 Å². The summed E-state index contributed by atoms with van der Waals surface area (Å²) in [5.41, 5.74) is 0.0627. The maximum absolute atomic E-state index is 15.3. The highest BCUT2D eigenvalue weighted by molar-refractivity contribution is 6.26. The minimum atomic E-state index is -1.48. The van der Waals surface area contributed by atoms with Crippen molar-refractivity contribution in [2.75, 3.05) is 0 Å². The Kier molecular flexibility index (Phi) is 8.41. The molecule has 0 aromatic heterocycles. The normalized spacial score (nSPS) is 31.0. The van der Waals surface area contributed by atoms with Gasteiger partial charge < -0.3 is 10.2 Å². The monoisotopic (exact) mass is 586 g/mol. The van der Waals surface area contributed by atoms with Gasteiger partial charge in [-0.25, -0.2) is 0 Å². The molecule has 4 bridgehead atoms. The second-order valence-electron chi connectivity index (χ2n) is 15.0. The van der Waals surface area contributed by atoms with Gasteiger partial charge in [-0.1, -0.05) is 54.9 Å². The van der Waals surface area contributed by atoms with Crippen LogP contribution in [0, 0.1) is 39.4 Å². The smallest absolute Gasteiger partial charge is 0.177 e. The van der Waals surface area contributed by atoms with Gasteiger partial charge in [0.1, 0.15) is 5.41 Å². The first kappa shape index (κ1) is 32.7. The van der Waals surface area contributed by atoms with E-state index in [1.165, 1.54) is 18.2 Å². The molecule has 4 aliphatic carbocycles. The van der Waals surface area contributed by atoms with Crippen molar-refractivity contribution in [1.29, 1.82) is 0 Å². The van der Waals surface area contributed by atoms with Gasteiger partial charge in [-0.15, -0.1) is 6.58 Å². The zero-order valence-electron chi connectivity index (χ0n) is 27.4. The van der Waals surface area contributed by atoms with Crippen molar-refractivity contribution in [2.24, 2.45) is 39.4 Å². The van der Waals surface area contributed by atoms with Crippen molar-refractivity contribution in [2.45, 2.75) is 93.9 Å². The Morgan fingerprint density at radius 2 is 1.65 bits per heavy atom. The molecule has 0 heterocycles. The molecule has 232 valence electrons. The maximum atomic E-state index is 15.3. The Bertz CT molecular complexity index is 1450. The molecule has 0 aliphatic heterocycles. The number of ketones is 3. The fourth-order valence-electron chi connectivity index (χ4n) is 8.82. The fourth-order valence-corrected chi connectivity index (χ4v) is 8.82. The largest absolute Gasteiger partial charge is 0.504 e. The van der Waals surface area contributed by atoms with Crippen molar-refractivity contribution in [3.63, 3.8) is 0 Å². The zero-order chi connectivity index (χ0) is 32.3. The number of benzene rings is 1. The Balaban J connectivity index is 2.05. The molecule has 0 radical (unpaired) electrons. The zero-order valence-corrected chi connectivity index (χ0v) is 27.4. The second kappa shape index (κ2) is 11.1. The Hall–Kier alpha value is -3.21. The number of allylic oxidation sites excluding steroid dienone is 6. The SMILES string of the molecule is C=C(C)CCC(CC12CC3C(C=C(C)C)C(C(=O)c4ccc(O)c(O)c4)(CC(CC=C(C)C)(C1=O)C3(C)C)C2=O)C(=C)C. The summed E-state index contributed by atoms with van der Waals surface area (Å²) in [5.74, 6) is -1.97. The lowest BCUT2D eigenvalue weighted by Gasteiger charge is -2.72. The van der Waals surface area contributed by atoms with Gasteiger partial charge in [0.05, 0.1) is 5.41 Å². The van der Waals surface area contributed by atoms with Crippen molar-refractivity contribution in [1.82, 2.24) is 0 Å². The highest BCUT2D eigenvalue weighted by atomic mass is 16.3. The van der Waals surface area contributed by atoms with Crippen LogP contribution in [-0.4, -0.2) is 27.6 Å². The van der Waals surface area contributed by atoms with Crippen LogP contribution in [0.15, 0.2) is 65.8 Å². The van der Waals surface area contributed by atoms with E-state index in [9.17, 15) is 15.0 Å². The summed E-state index contributed by atoms with van der Waals surface area (Å²) in [5, 5.41) is 20.4. The maximum Gasteiger partial charge on any atom is 0.177 e. The lowest BCUT2D eigenvalue weighted by Crippen LogP contribution is -2.78. The first-order valence-corrected chi connectivity index (χ1v) is 15.6. The van der Waals surface area contributed by atoms with Gasteiger partial charge in [-0.3, -0.25) is 14.4 Å². The average molecular weight is 587 g/mol. The molecule has 6 atom stereocenters. The van der Waals surface area contributed by atoms with Crippen LogP contribution in [0.5, 0.6) is 11.5 Å². The van der Waals surface area contributed by atoms with Crippen LogP contribution < -0.4 is 0 Å². The molecule has 0 saturated heterocycles.